The van der Waals surface area contributed by atoms with E-state index in [4.69, 9.17) is 8.85 Å². The van der Waals surface area contributed by atoms with Crippen molar-refractivity contribution < 1.29 is 8.85 Å². The van der Waals surface area contributed by atoms with Crippen molar-refractivity contribution in [1.82, 2.24) is 0 Å². The number of allylic oxidation sites excluding steroid dienone is 4. The molecule has 0 aromatic rings. The molecule has 5 heteroatoms. The van der Waals surface area contributed by atoms with Gasteiger partial charge in [-0.25, -0.2) is 0 Å². The molecule has 2 nitrogen and oxygen atoms in total. The molecular weight excluding hydrogens is 588 g/mol. The first-order chi connectivity index (χ1) is 18.2. The van der Waals surface area contributed by atoms with Crippen molar-refractivity contribution in [3.63, 3.8) is 0 Å². The monoisotopic (exact) mass is 650 g/mol. The van der Waals surface area contributed by atoms with Crippen molar-refractivity contribution in [2.75, 3.05) is 6.61 Å². The summed E-state index contributed by atoms with van der Waals surface area (Å²) < 4.78 is 14.6. The SMILES string of the molecule is C=C1C[C@@H](C)[C@H](/C=C/[C@@H](O[Si](C)(C)C(C)(C)C)C(C)CC#CC)[C@H]1C/C(Br)=C/CCCCO[Si](C)(C)C(C)(C)C. The molecule has 0 aliphatic heterocycles. The van der Waals surface area contributed by atoms with Gasteiger partial charge in [0.25, 0.3) is 0 Å². The van der Waals surface area contributed by atoms with E-state index in [9.17, 15) is 0 Å². The minimum atomic E-state index is -1.91. The first-order valence-corrected chi connectivity index (χ1v) is 22.3. The van der Waals surface area contributed by atoms with E-state index in [-0.39, 0.29) is 16.2 Å². The molecule has 230 valence electrons. The molecule has 0 radical (unpaired) electrons. The predicted octanol–water partition coefficient (Wildman–Crippen LogP) is 11.7. The Balaban J connectivity index is 2.87. The molecule has 0 aromatic heterocycles. The maximum Gasteiger partial charge on any atom is 0.192 e. The third-order valence-corrected chi connectivity index (χ3v) is 19.5. The molecule has 1 aliphatic carbocycles. The maximum absolute atomic E-state index is 6.96. The Bertz CT molecular complexity index is 924. The van der Waals surface area contributed by atoms with Crippen molar-refractivity contribution in [3.8, 4) is 11.8 Å². The highest BCUT2D eigenvalue weighted by molar-refractivity contribution is 9.11. The van der Waals surface area contributed by atoms with Gasteiger partial charge < -0.3 is 8.85 Å². The minimum absolute atomic E-state index is 0.0935. The lowest BCUT2D eigenvalue weighted by atomic mass is 9.86. The lowest BCUT2D eigenvalue weighted by Gasteiger charge is -2.40. The molecule has 0 aromatic carbocycles. The highest BCUT2D eigenvalue weighted by atomic mass is 79.9. The highest BCUT2D eigenvalue weighted by Gasteiger charge is 2.40. The summed E-state index contributed by atoms with van der Waals surface area (Å²) in [6.07, 6.45) is 13.7. The summed E-state index contributed by atoms with van der Waals surface area (Å²) in [5, 5.41) is 0.458. The standard InChI is InChI=1S/C35H63BrO2Si2/c1-15-16-20-27(2)33(38-40(13,14)35(8,9)10)23-22-31-28(3)25-29(4)32(31)26-30(36)21-18-17-19-24-37-39(11,12)34(5,6)7/h21-23,27-28,31-33H,4,17-20,24-26H2,1-3,5-14H3/b23-22+,30-21-/t27?,28-,31+,32+,33-/m1/s1. The zero-order valence-corrected chi connectivity index (χ0v) is 32.1. The third-order valence-electron chi connectivity index (χ3n) is 9.80. The Morgan fingerprint density at radius 1 is 1.07 bits per heavy atom. The summed E-state index contributed by atoms with van der Waals surface area (Å²) >= 11 is 3.92. The van der Waals surface area contributed by atoms with Gasteiger partial charge in [0.05, 0.1) is 6.10 Å². The second-order valence-electron chi connectivity index (χ2n) is 15.3. The van der Waals surface area contributed by atoms with Gasteiger partial charge in [0.1, 0.15) is 0 Å². The van der Waals surface area contributed by atoms with Crippen molar-refractivity contribution >= 4 is 32.6 Å². The van der Waals surface area contributed by atoms with E-state index >= 15 is 0 Å². The van der Waals surface area contributed by atoms with Crippen LogP contribution in [0.5, 0.6) is 0 Å². The van der Waals surface area contributed by atoms with Crippen LogP contribution in [-0.2, 0) is 8.85 Å². The molecule has 0 heterocycles. The van der Waals surface area contributed by atoms with Gasteiger partial charge in [0.15, 0.2) is 16.6 Å². The first-order valence-electron chi connectivity index (χ1n) is 15.7. The average Bonchev–Trinajstić information content (AvgIpc) is 3.07. The summed E-state index contributed by atoms with van der Waals surface area (Å²) in [6, 6.07) is 0. The van der Waals surface area contributed by atoms with Gasteiger partial charge in [-0.15, -0.1) is 11.8 Å². The smallest absolute Gasteiger partial charge is 0.192 e. The van der Waals surface area contributed by atoms with E-state index < -0.39 is 16.6 Å². The van der Waals surface area contributed by atoms with Crippen LogP contribution >= 0.6 is 15.9 Å². The Morgan fingerprint density at radius 3 is 2.23 bits per heavy atom. The van der Waals surface area contributed by atoms with Gasteiger partial charge in [-0.1, -0.05) is 102 Å². The largest absolute Gasteiger partial charge is 0.417 e. The summed E-state index contributed by atoms with van der Waals surface area (Å²) in [5.41, 5.74) is 1.39. The zero-order chi connectivity index (χ0) is 30.9. The van der Waals surface area contributed by atoms with Crippen LogP contribution in [0.3, 0.4) is 0 Å². The zero-order valence-electron chi connectivity index (χ0n) is 28.5. The summed E-state index contributed by atoms with van der Waals surface area (Å²) in [6.45, 7) is 35.3. The highest BCUT2D eigenvalue weighted by Crippen LogP contribution is 2.45. The number of rotatable bonds is 14. The normalized spacial score (nSPS) is 22.9. The van der Waals surface area contributed by atoms with E-state index in [1.54, 1.807) is 0 Å². The molecule has 0 amide bonds. The van der Waals surface area contributed by atoms with Crippen LogP contribution in [0.1, 0.15) is 101 Å². The van der Waals surface area contributed by atoms with Crippen LogP contribution in [0.4, 0.5) is 0 Å². The minimum Gasteiger partial charge on any atom is -0.417 e. The number of hydrogen-bond donors (Lipinski definition) is 0. The van der Waals surface area contributed by atoms with E-state index in [0.29, 0.717) is 23.7 Å². The molecule has 5 atom stereocenters. The van der Waals surface area contributed by atoms with Crippen molar-refractivity contribution in [2.45, 2.75) is 143 Å². The van der Waals surface area contributed by atoms with Gasteiger partial charge >= 0.3 is 0 Å². The molecule has 1 saturated carbocycles. The quantitative estimate of drug-likeness (QED) is 0.0805. The maximum atomic E-state index is 6.96. The molecule has 1 unspecified atom stereocenters. The fourth-order valence-corrected chi connectivity index (χ4v) is 7.81. The van der Waals surface area contributed by atoms with Crippen molar-refractivity contribution in [3.05, 3.63) is 34.9 Å². The van der Waals surface area contributed by atoms with E-state index in [1.165, 1.54) is 16.5 Å². The van der Waals surface area contributed by atoms with Gasteiger partial charge in [-0.3, -0.25) is 0 Å². The molecule has 0 N–H and O–H groups in total. The van der Waals surface area contributed by atoms with Crippen LogP contribution in [0.2, 0.25) is 36.3 Å². The average molecular weight is 652 g/mol. The third kappa shape index (κ3) is 11.7. The number of halogens is 1. The Morgan fingerprint density at radius 2 is 1.68 bits per heavy atom. The topological polar surface area (TPSA) is 18.5 Å². The Hall–Kier alpha value is -0.386. The Kier molecular flexibility index (Phi) is 15.0. The first kappa shape index (κ1) is 37.6. The number of hydrogen-bond acceptors (Lipinski definition) is 2. The second kappa shape index (κ2) is 15.9. The van der Waals surface area contributed by atoms with Crippen LogP contribution < -0.4 is 0 Å². The summed E-state index contributed by atoms with van der Waals surface area (Å²) in [5.74, 6) is 8.29. The Labute approximate surface area is 260 Å². The summed E-state index contributed by atoms with van der Waals surface area (Å²) in [4.78, 5) is 0. The van der Waals surface area contributed by atoms with Crippen LogP contribution in [0, 0.1) is 35.5 Å². The molecule has 0 saturated heterocycles. The van der Waals surface area contributed by atoms with Crippen LogP contribution in [-0.4, -0.2) is 29.3 Å². The van der Waals surface area contributed by atoms with Crippen LogP contribution in [0.25, 0.3) is 0 Å². The number of unbranched alkanes of at least 4 members (excludes halogenated alkanes) is 2. The lowest BCUT2D eigenvalue weighted by Crippen LogP contribution is -2.45. The van der Waals surface area contributed by atoms with Gasteiger partial charge in [-0.2, -0.15) is 0 Å². The van der Waals surface area contributed by atoms with Crippen molar-refractivity contribution in [1.29, 1.82) is 0 Å². The van der Waals surface area contributed by atoms with Crippen molar-refractivity contribution in [2.24, 2.45) is 23.7 Å². The van der Waals surface area contributed by atoms with E-state index in [2.05, 4.69) is 134 Å². The molecule has 0 bridgehead atoms. The summed E-state index contributed by atoms with van der Waals surface area (Å²) in [7, 11) is -3.55. The van der Waals surface area contributed by atoms with E-state index in [1.807, 2.05) is 6.92 Å². The molecule has 1 aliphatic rings. The molecule has 40 heavy (non-hydrogen) atoms. The molecule has 1 fully saturated rings. The lowest BCUT2D eigenvalue weighted by molar-refractivity contribution is 0.169. The fourth-order valence-electron chi connectivity index (χ4n) is 4.80. The fraction of sp³-hybridized carbons (Fsp3) is 0.771. The molecular formula is C35H63BrO2Si2. The van der Waals surface area contributed by atoms with Crippen LogP contribution in [0.15, 0.2) is 34.9 Å². The predicted molar refractivity (Wildman–Crippen MR) is 187 cm³/mol. The second-order valence-corrected chi connectivity index (χ2v) is 25.9. The molecule has 1 rings (SSSR count). The molecule has 0 spiro atoms. The van der Waals surface area contributed by atoms with Gasteiger partial charge in [0.2, 0.25) is 0 Å². The van der Waals surface area contributed by atoms with E-state index in [0.717, 1.165) is 38.7 Å². The van der Waals surface area contributed by atoms with Gasteiger partial charge in [0, 0.05) is 13.0 Å². The van der Waals surface area contributed by atoms with Gasteiger partial charge in [-0.05, 0) is 103 Å².